The van der Waals surface area contributed by atoms with Crippen molar-refractivity contribution in [2.24, 2.45) is 0 Å². The van der Waals surface area contributed by atoms with Crippen molar-refractivity contribution in [3.63, 3.8) is 0 Å². The summed E-state index contributed by atoms with van der Waals surface area (Å²) in [7, 11) is -3.05. The largest absolute Gasteiger partial charge is 0.348 e. The Morgan fingerprint density at radius 2 is 2.05 bits per heavy atom. The molecular weight excluding hydrogens is 288 g/mol. The molecule has 2 rings (SSSR count). The minimum atomic E-state index is -3.05. The number of carbonyl (C=O) groups is 1. The van der Waals surface area contributed by atoms with Gasteiger partial charge in [-0.05, 0) is 25.0 Å². The molecule has 1 aliphatic heterocycles. The van der Waals surface area contributed by atoms with Gasteiger partial charge in [0.05, 0.1) is 11.5 Å². The van der Waals surface area contributed by atoms with Gasteiger partial charge in [-0.2, -0.15) is 5.26 Å². The van der Waals surface area contributed by atoms with Crippen LogP contribution in [0.2, 0.25) is 0 Å². The SMILES string of the molecule is Cc1ccc(/C=C(\C#N)C(=O)N[C@@H]2CCS(=O)(=O)C2)cc1. The molecule has 1 saturated heterocycles. The molecule has 1 atom stereocenters. The van der Waals surface area contributed by atoms with Crippen LogP contribution in [0.3, 0.4) is 0 Å². The average molecular weight is 304 g/mol. The van der Waals surface area contributed by atoms with Gasteiger partial charge in [-0.3, -0.25) is 4.79 Å². The fourth-order valence-corrected chi connectivity index (χ4v) is 3.82. The molecule has 21 heavy (non-hydrogen) atoms. The summed E-state index contributed by atoms with van der Waals surface area (Å²) in [6.45, 7) is 1.95. The smallest absolute Gasteiger partial charge is 0.262 e. The molecule has 110 valence electrons. The summed E-state index contributed by atoms with van der Waals surface area (Å²) in [5.41, 5.74) is 1.82. The van der Waals surface area contributed by atoms with Gasteiger partial charge in [-0.25, -0.2) is 8.42 Å². The van der Waals surface area contributed by atoms with Gasteiger partial charge in [0, 0.05) is 6.04 Å². The van der Waals surface area contributed by atoms with Crippen molar-refractivity contribution in [1.29, 1.82) is 5.26 Å². The van der Waals surface area contributed by atoms with Crippen molar-refractivity contribution in [3.05, 3.63) is 41.0 Å². The van der Waals surface area contributed by atoms with Crippen molar-refractivity contribution in [1.82, 2.24) is 5.32 Å². The molecule has 0 aromatic heterocycles. The molecule has 1 heterocycles. The summed E-state index contributed by atoms with van der Waals surface area (Å²) in [5, 5.41) is 11.7. The van der Waals surface area contributed by atoms with Crippen molar-refractivity contribution >= 4 is 21.8 Å². The number of hydrogen-bond acceptors (Lipinski definition) is 4. The first-order valence-corrected chi connectivity index (χ1v) is 8.41. The van der Waals surface area contributed by atoms with Gasteiger partial charge in [0.1, 0.15) is 11.6 Å². The van der Waals surface area contributed by atoms with E-state index in [-0.39, 0.29) is 17.1 Å². The monoisotopic (exact) mass is 304 g/mol. The number of carbonyl (C=O) groups excluding carboxylic acids is 1. The van der Waals surface area contributed by atoms with E-state index in [1.54, 1.807) is 0 Å². The number of rotatable bonds is 3. The maximum Gasteiger partial charge on any atom is 0.262 e. The lowest BCUT2D eigenvalue weighted by Crippen LogP contribution is -2.36. The van der Waals surface area contributed by atoms with E-state index in [1.165, 1.54) is 6.08 Å². The van der Waals surface area contributed by atoms with E-state index in [0.717, 1.165) is 11.1 Å². The number of amides is 1. The van der Waals surface area contributed by atoms with E-state index in [1.807, 2.05) is 37.3 Å². The first-order valence-electron chi connectivity index (χ1n) is 6.59. The van der Waals surface area contributed by atoms with Crippen LogP contribution < -0.4 is 5.32 Å². The molecule has 0 aliphatic carbocycles. The number of aryl methyl sites for hydroxylation is 1. The van der Waals surface area contributed by atoms with E-state index in [0.29, 0.717) is 6.42 Å². The Kier molecular flexibility index (Phi) is 4.43. The second-order valence-corrected chi connectivity index (χ2v) is 7.38. The van der Waals surface area contributed by atoms with Gasteiger partial charge in [-0.15, -0.1) is 0 Å². The highest BCUT2D eigenvalue weighted by Crippen LogP contribution is 2.13. The van der Waals surface area contributed by atoms with E-state index < -0.39 is 21.8 Å². The quantitative estimate of drug-likeness (QED) is 0.671. The summed E-state index contributed by atoms with van der Waals surface area (Å²) in [4.78, 5) is 12.0. The molecule has 1 aromatic carbocycles. The first kappa shape index (κ1) is 15.3. The van der Waals surface area contributed by atoms with Crippen molar-refractivity contribution < 1.29 is 13.2 Å². The molecule has 0 bridgehead atoms. The summed E-state index contributed by atoms with van der Waals surface area (Å²) < 4.78 is 22.7. The highest BCUT2D eigenvalue weighted by atomic mass is 32.2. The summed E-state index contributed by atoms with van der Waals surface area (Å²) in [5.74, 6) is -0.496. The molecular formula is C15H16N2O3S. The standard InChI is InChI=1S/C15H16N2O3S/c1-11-2-4-12(5-3-11)8-13(9-16)15(18)17-14-6-7-21(19,20)10-14/h2-5,8,14H,6-7,10H2,1H3,(H,17,18)/b13-8+/t14-/m1/s1. The third kappa shape index (κ3) is 4.17. The predicted octanol–water partition coefficient (Wildman–Crippen LogP) is 1.21. The van der Waals surface area contributed by atoms with Crippen molar-refractivity contribution in [3.8, 4) is 6.07 Å². The van der Waals surface area contributed by atoms with Crippen LogP contribution in [0.4, 0.5) is 0 Å². The third-order valence-electron chi connectivity index (χ3n) is 3.32. The predicted molar refractivity (Wildman–Crippen MR) is 80.0 cm³/mol. The highest BCUT2D eigenvalue weighted by Gasteiger charge is 2.29. The fraction of sp³-hybridized carbons (Fsp3) is 0.333. The summed E-state index contributed by atoms with van der Waals surface area (Å²) in [6.07, 6.45) is 1.90. The number of nitrogens with zero attached hydrogens (tertiary/aromatic N) is 1. The second kappa shape index (κ2) is 6.10. The van der Waals surface area contributed by atoms with Gasteiger partial charge in [-0.1, -0.05) is 29.8 Å². The van der Waals surface area contributed by atoms with Gasteiger partial charge >= 0.3 is 0 Å². The van der Waals surface area contributed by atoms with Crippen LogP contribution in [0, 0.1) is 18.3 Å². The summed E-state index contributed by atoms with van der Waals surface area (Å²) in [6, 6.07) is 8.88. The van der Waals surface area contributed by atoms with Crippen LogP contribution in [0.1, 0.15) is 17.5 Å². The molecule has 6 heteroatoms. The molecule has 0 saturated carbocycles. The zero-order chi connectivity index (χ0) is 15.5. The third-order valence-corrected chi connectivity index (χ3v) is 5.09. The van der Waals surface area contributed by atoms with Gasteiger partial charge in [0.15, 0.2) is 9.84 Å². The maximum atomic E-state index is 12.0. The van der Waals surface area contributed by atoms with Gasteiger partial charge in [0.25, 0.3) is 5.91 Å². The Labute approximate surface area is 124 Å². The van der Waals surface area contributed by atoms with Crippen LogP contribution in [0.15, 0.2) is 29.8 Å². The molecule has 1 N–H and O–H groups in total. The molecule has 0 unspecified atom stereocenters. The number of nitrogens with one attached hydrogen (secondary N) is 1. The molecule has 0 spiro atoms. The number of nitriles is 1. The molecule has 5 nitrogen and oxygen atoms in total. The Morgan fingerprint density at radius 3 is 2.57 bits per heavy atom. The lowest BCUT2D eigenvalue weighted by Gasteiger charge is -2.09. The van der Waals surface area contributed by atoms with E-state index >= 15 is 0 Å². The van der Waals surface area contributed by atoms with E-state index in [4.69, 9.17) is 5.26 Å². The Bertz CT molecular complexity index is 712. The minimum Gasteiger partial charge on any atom is -0.348 e. The zero-order valence-electron chi connectivity index (χ0n) is 11.7. The van der Waals surface area contributed by atoms with E-state index in [9.17, 15) is 13.2 Å². The van der Waals surface area contributed by atoms with E-state index in [2.05, 4.69) is 5.32 Å². The van der Waals surface area contributed by atoms with Crippen molar-refractivity contribution in [2.75, 3.05) is 11.5 Å². The van der Waals surface area contributed by atoms with Crippen LogP contribution in [0.5, 0.6) is 0 Å². The Morgan fingerprint density at radius 1 is 1.38 bits per heavy atom. The van der Waals surface area contributed by atoms with Crippen LogP contribution >= 0.6 is 0 Å². The zero-order valence-corrected chi connectivity index (χ0v) is 12.5. The highest BCUT2D eigenvalue weighted by molar-refractivity contribution is 7.91. The van der Waals surface area contributed by atoms with Gasteiger partial charge < -0.3 is 5.32 Å². The normalized spacial score (nSPS) is 20.8. The molecule has 1 fully saturated rings. The number of benzene rings is 1. The van der Waals surface area contributed by atoms with Crippen LogP contribution in [-0.4, -0.2) is 31.9 Å². The van der Waals surface area contributed by atoms with Crippen LogP contribution in [-0.2, 0) is 14.6 Å². The topological polar surface area (TPSA) is 87.0 Å². The number of sulfone groups is 1. The Balaban J connectivity index is 2.09. The molecule has 0 radical (unpaired) electrons. The fourth-order valence-electron chi connectivity index (χ4n) is 2.15. The molecule has 1 amide bonds. The lowest BCUT2D eigenvalue weighted by atomic mass is 10.1. The summed E-state index contributed by atoms with van der Waals surface area (Å²) >= 11 is 0. The minimum absolute atomic E-state index is 0.0249. The lowest BCUT2D eigenvalue weighted by molar-refractivity contribution is -0.117. The maximum absolute atomic E-state index is 12.0. The molecule has 1 aliphatic rings. The van der Waals surface area contributed by atoms with Crippen molar-refractivity contribution in [2.45, 2.75) is 19.4 Å². The second-order valence-electron chi connectivity index (χ2n) is 5.15. The molecule has 1 aromatic rings. The Hall–Kier alpha value is -2.13. The van der Waals surface area contributed by atoms with Gasteiger partial charge in [0.2, 0.25) is 0 Å². The number of hydrogen-bond donors (Lipinski definition) is 1. The van der Waals surface area contributed by atoms with Crippen LogP contribution in [0.25, 0.3) is 6.08 Å². The average Bonchev–Trinajstić information content (AvgIpc) is 2.77. The first-order chi connectivity index (χ1) is 9.89.